The molecule has 0 unspecified atom stereocenters. The van der Waals surface area contributed by atoms with E-state index in [1.807, 2.05) is 30.3 Å². The molecule has 7 nitrogen and oxygen atoms in total. The van der Waals surface area contributed by atoms with Crippen molar-refractivity contribution in [1.29, 1.82) is 0 Å². The SMILES string of the molecule is CCN(CC)S(=O)(=O)c1cc(C(=O)Nc2nnc(-c3ccccc3)s2)ccc1F. The van der Waals surface area contributed by atoms with E-state index in [1.165, 1.54) is 17.4 Å². The second-order valence-electron chi connectivity index (χ2n) is 5.97. The van der Waals surface area contributed by atoms with Crippen LogP contribution in [-0.2, 0) is 10.0 Å². The molecule has 10 heteroatoms. The third-order valence-electron chi connectivity index (χ3n) is 4.18. The summed E-state index contributed by atoms with van der Waals surface area (Å²) >= 11 is 1.18. The minimum Gasteiger partial charge on any atom is -0.296 e. The molecule has 2 aromatic carbocycles. The van der Waals surface area contributed by atoms with Crippen molar-refractivity contribution in [3.05, 3.63) is 59.9 Å². The van der Waals surface area contributed by atoms with Crippen molar-refractivity contribution in [1.82, 2.24) is 14.5 Å². The average Bonchev–Trinajstić information content (AvgIpc) is 3.18. The second-order valence-corrected chi connectivity index (χ2v) is 8.85. The lowest BCUT2D eigenvalue weighted by atomic mass is 10.2. The summed E-state index contributed by atoms with van der Waals surface area (Å²) < 4.78 is 40.6. The molecule has 3 aromatic rings. The maximum absolute atomic E-state index is 14.2. The summed E-state index contributed by atoms with van der Waals surface area (Å²) in [5.41, 5.74) is 0.869. The van der Waals surface area contributed by atoms with E-state index in [0.717, 1.165) is 22.0 Å². The van der Waals surface area contributed by atoms with Crippen molar-refractivity contribution < 1.29 is 17.6 Å². The summed E-state index contributed by atoms with van der Waals surface area (Å²) in [6.07, 6.45) is 0. The molecular weight excluding hydrogens is 415 g/mol. The largest absolute Gasteiger partial charge is 0.296 e. The van der Waals surface area contributed by atoms with E-state index in [0.29, 0.717) is 5.01 Å². The summed E-state index contributed by atoms with van der Waals surface area (Å²) in [6, 6.07) is 12.6. The summed E-state index contributed by atoms with van der Waals surface area (Å²) in [4.78, 5) is 12.0. The topological polar surface area (TPSA) is 92.3 Å². The van der Waals surface area contributed by atoms with E-state index in [4.69, 9.17) is 0 Å². The highest BCUT2D eigenvalue weighted by Crippen LogP contribution is 2.27. The predicted octanol–water partition coefficient (Wildman–Crippen LogP) is 3.63. The van der Waals surface area contributed by atoms with Gasteiger partial charge in [0.15, 0.2) is 0 Å². The van der Waals surface area contributed by atoms with Crippen LogP contribution in [0.4, 0.5) is 9.52 Å². The Labute approximate surface area is 172 Å². The Bertz CT molecular complexity index is 1110. The number of halogens is 1. The van der Waals surface area contributed by atoms with E-state index in [2.05, 4.69) is 15.5 Å². The monoisotopic (exact) mass is 434 g/mol. The zero-order valence-electron chi connectivity index (χ0n) is 15.8. The molecule has 0 fully saturated rings. The smallest absolute Gasteiger partial charge is 0.257 e. The molecule has 0 atom stereocenters. The van der Waals surface area contributed by atoms with Crippen molar-refractivity contribution in [2.24, 2.45) is 0 Å². The molecule has 3 rings (SSSR count). The van der Waals surface area contributed by atoms with Gasteiger partial charge in [-0.15, -0.1) is 10.2 Å². The summed E-state index contributed by atoms with van der Waals surface area (Å²) in [5.74, 6) is -1.51. The number of anilines is 1. The Morgan fingerprint density at radius 3 is 2.45 bits per heavy atom. The van der Waals surface area contributed by atoms with Crippen LogP contribution in [-0.4, -0.2) is 41.9 Å². The first kappa shape index (κ1) is 21.0. The molecule has 0 bridgehead atoms. The number of nitrogens with one attached hydrogen (secondary N) is 1. The fraction of sp³-hybridized carbons (Fsp3) is 0.211. The molecule has 0 spiro atoms. The maximum atomic E-state index is 14.2. The lowest BCUT2D eigenvalue weighted by Crippen LogP contribution is -2.31. The van der Waals surface area contributed by atoms with Gasteiger partial charge in [-0.25, -0.2) is 12.8 Å². The number of aromatic nitrogens is 2. The van der Waals surface area contributed by atoms with E-state index in [1.54, 1.807) is 13.8 Å². The minimum atomic E-state index is -4.04. The Hall–Kier alpha value is -2.69. The molecular formula is C19H19FN4O3S2. The standard InChI is InChI=1S/C19H19FN4O3S2/c1-3-24(4-2)29(26,27)16-12-14(10-11-15(16)20)17(25)21-19-23-22-18(28-19)13-8-6-5-7-9-13/h5-12H,3-4H2,1-2H3,(H,21,23,25). The van der Waals surface area contributed by atoms with Crippen LogP contribution >= 0.6 is 11.3 Å². The van der Waals surface area contributed by atoms with Crippen LogP contribution < -0.4 is 5.32 Å². The van der Waals surface area contributed by atoms with Crippen molar-refractivity contribution in [3.63, 3.8) is 0 Å². The molecule has 1 N–H and O–H groups in total. The molecule has 152 valence electrons. The number of nitrogens with zero attached hydrogens (tertiary/aromatic N) is 3. The van der Waals surface area contributed by atoms with Crippen LogP contribution in [0, 0.1) is 5.82 Å². The quantitative estimate of drug-likeness (QED) is 0.613. The summed E-state index contributed by atoms with van der Waals surface area (Å²) in [5, 5.41) is 11.4. The van der Waals surface area contributed by atoms with Crippen LogP contribution in [0.15, 0.2) is 53.4 Å². The maximum Gasteiger partial charge on any atom is 0.257 e. The Balaban J connectivity index is 1.85. The lowest BCUT2D eigenvalue weighted by Gasteiger charge is -2.19. The van der Waals surface area contributed by atoms with Gasteiger partial charge in [0.25, 0.3) is 5.91 Å². The minimum absolute atomic E-state index is 0.00796. The van der Waals surface area contributed by atoms with Gasteiger partial charge in [0.05, 0.1) is 0 Å². The molecule has 1 amide bonds. The molecule has 0 saturated heterocycles. The first-order valence-electron chi connectivity index (χ1n) is 8.86. The third-order valence-corrected chi connectivity index (χ3v) is 7.14. The number of sulfonamides is 1. The first-order chi connectivity index (χ1) is 13.9. The Morgan fingerprint density at radius 1 is 1.10 bits per heavy atom. The molecule has 0 aliphatic carbocycles. The summed E-state index contributed by atoms with van der Waals surface area (Å²) in [7, 11) is -4.04. The van der Waals surface area contributed by atoms with Gasteiger partial charge in [-0.3, -0.25) is 10.1 Å². The normalized spacial score (nSPS) is 11.6. The number of carbonyl (C=O) groups is 1. The van der Waals surface area contributed by atoms with Gasteiger partial charge >= 0.3 is 0 Å². The highest BCUT2D eigenvalue weighted by Gasteiger charge is 2.26. The second kappa shape index (κ2) is 8.76. The number of carbonyl (C=O) groups excluding carboxylic acids is 1. The predicted molar refractivity (Wildman–Crippen MR) is 110 cm³/mol. The molecule has 1 aromatic heterocycles. The van der Waals surface area contributed by atoms with Gasteiger partial charge in [0.1, 0.15) is 15.7 Å². The van der Waals surface area contributed by atoms with Gasteiger partial charge in [0, 0.05) is 24.2 Å². The van der Waals surface area contributed by atoms with Crippen LogP contribution in [0.3, 0.4) is 0 Å². The van der Waals surface area contributed by atoms with Crippen molar-refractivity contribution in [3.8, 4) is 10.6 Å². The molecule has 0 aliphatic rings. The number of benzene rings is 2. The molecule has 0 saturated carbocycles. The highest BCUT2D eigenvalue weighted by molar-refractivity contribution is 7.89. The van der Waals surface area contributed by atoms with E-state index in [9.17, 15) is 17.6 Å². The summed E-state index contributed by atoms with van der Waals surface area (Å²) in [6.45, 7) is 3.72. The molecule has 1 heterocycles. The van der Waals surface area contributed by atoms with E-state index >= 15 is 0 Å². The molecule has 29 heavy (non-hydrogen) atoms. The van der Waals surface area contributed by atoms with Gasteiger partial charge in [-0.05, 0) is 18.2 Å². The van der Waals surface area contributed by atoms with Crippen LogP contribution in [0.25, 0.3) is 10.6 Å². The van der Waals surface area contributed by atoms with Crippen LogP contribution in [0.2, 0.25) is 0 Å². The fourth-order valence-corrected chi connectivity index (χ4v) is 4.98. The number of hydrogen-bond donors (Lipinski definition) is 1. The number of hydrogen-bond acceptors (Lipinski definition) is 6. The fourth-order valence-electron chi connectivity index (χ4n) is 2.69. The average molecular weight is 435 g/mol. The molecule has 0 aliphatic heterocycles. The Kier molecular flexibility index (Phi) is 6.36. The molecule has 0 radical (unpaired) electrons. The van der Waals surface area contributed by atoms with Gasteiger partial charge in [0.2, 0.25) is 15.2 Å². The lowest BCUT2D eigenvalue weighted by molar-refractivity contribution is 0.102. The van der Waals surface area contributed by atoms with Gasteiger partial charge in [-0.1, -0.05) is 55.5 Å². The van der Waals surface area contributed by atoms with Crippen molar-refractivity contribution >= 4 is 32.4 Å². The van der Waals surface area contributed by atoms with Crippen LogP contribution in [0.5, 0.6) is 0 Å². The highest BCUT2D eigenvalue weighted by atomic mass is 32.2. The van der Waals surface area contributed by atoms with Crippen molar-refractivity contribution in [2.45, 2.75) is 18.7 Å². The number of amides is 1. The van der Waals surface area contributed by atoms with E-state index in [-0.39, 0.29) is 23.8 Å². The van der Waals surface area contributed by atoms with Gasteiger partial charge < -0.3 is 0 Å². The van der Waals surface area contributed by atoms with Crippen molar-refractivity contribution in [2.75, 3.05) is 18.4 Å². The zero-order valence-corrected chi connectivity index (χ0v) is 17.4. The third kappa shape index (κ3) is 4.50. The van der Waals surface area contributed by atoms with Crippen LogP contribution in [0.1, 0.15) is 24.2 Å². The first-order valence-corrected chi connectivity index (χ1v) is 11.1. The number of rotatable bonds is 7. The zero-order chi connectivity index (χ0) is 21.0. The Morgan fingerprint density at radius 2 is 1.79 bits per heavy atom. The van der Waals surface area contributed by atoms with E-state index < -0.39 is 26.6 Å². The van der Waals surface area contributed by atoms with Gasteiger partial charge in [-0.2, -0.15) is 4.31 Å².